The van der Waals surface area contributed by atoms with Crippen LogP contribution in [0.5, 0.6) is 0 Å². The highest BCUT2D eigenvalue weighted by molar-refractivity contribution is 7.89. The van der Waals surface area contributed by atoms with E-state index in [1.54, 1.807) is 28.2 Å². The van der Waals surface area contributed by atoms with E-state index in [-0.39, 0.29) is 17.5 Å². The number of aryl methyl sites for hydroxylation is 1. The Morgan fingerprint density at radius 2 is 2.11 bits per heavy atom. The molecule has 108 valence electrons. The second-order valence-electron chi connectivity index (χ2n) is 5.41. The maximum Gasteiger partial charge on any atom is 0.244 e. The molecule has 5 nitrogen and oxygen atoms in total. The smallest absolute Gasteiger partial charge is 0.244 e. The summed E-state index contributed by atoms with van der Waals surface area (Å²) in [4.78, 5) is 0.278. The molecule has 1 fully saturated rings. The molecule has 1 aliphatic rings. The third-order valence-electron chi connectivity index (χ3n) is 4.17. The SMILES string of the molecule is CC1CCCN(S(=O)(=O)c2cc(CO)n(C)c2)C1C. The summed E-state index contributed by atoms with van der Waals surface area (Å²) in [6.07, 6.45) is 3.56. The highest BCUT2D eigenvalue weighted by Crippen LogP contribution is 2.29. The van der Waals surface area contributed by atoms with E-state index in [0.29, 0.717) is 18.2 Å². The molecule has 0 aliphatic carbocycles. The molecular formula is C13H22N2O3S. The van der Waals surface area contributed by atoms with E-state index in [1.807, 2.05) is 6.92 Å². The summed E-state index contributed by atoms with van der Waals surface area (Å²) in [5, 5.41) is 9.17. The van der Waals surface area contributed by atoms with Crippen LogP contribution >= 0.6 is 0 Å². The van der Waals surface area contributed by atoms with Crippen molar-refractivity contribution in [2.24, 2.45) is 13.0 Å². The van der Waals surface area contributed by atoms with Gasteiger partial charge in [0.25, 0.3) is 0 Å². The zero-order valence-electron chi connectivity index (χ0n) is 11.7. The van der Waals surface area contributed by atoms with Gasteiger partial charge < -0.3 is 9.67 Å². The van der Waals surface area contributed by atoms with E-state index in [2.05, 4.69) is 6.92 Å². The average molecular weight is 286 g/mol. The first kappa shape index (κ1) is 14.6. The first-order chi connectivity index (χ1) is 8.87. The van der Waals surface area contributed by atoms with E-state index in [9.17, 15) is 13.5 Å². The largest absolute Gasteiger partial charge is 0.390 e. The minimum absolute atomic E-state index is 0.0246. The van der Waals surface area contributed by atoms with E-state index >= 15 is 0 Å². The minimum Gasteiger partial charge on any atom is -0.390 e. The van der Waals surface area contributed by atoms with E-state index < -0.39 is 10.0 Å². The number of sulfonamides is 1. The van der Waals surface area contributed by atoms with Crippen molar-refractivity contribution < 1.29 is 13.5 Å². The molecule has 1 saturated heterocycles. The number of hydrogen-bond donors (Lipinski definition) is 1. The average Bonchev–Trinajstić information content (AvgIpc) is 2.74. The van der Waals surface area contributed by atoms with Gasteiger partial charge in [0.05, 0.1) is 6.61 Å². The van der Waals surface area contributed by atoms with Crippen LogP contribution in [-0.2, 0) is 23.7 Å². The van der Waals surface area contributed by atoms with Crippen LogP contribution in [0.3, 0.4) is 0 Å². The molecule has 2 rings (SSSR count). The van der Waals surface area contributed by atoms with Gasteiger partial charge in [-0.05, 0) is 31.7 Å². The number of aliphatic hydroxyl groups is 1. The Bertz CT molecular complexity index is 550. The van der Waals surface area contributed by atoms with Crippen LogP contribution in [0.1, 0.15) is 32.4 Å². The molecule has 0 radical (unpaired) electrons. The van der Waals surface area contributed by atoms with E-state index in [0.717, 1.165) is 12.8 Å². The van der Waals surface area contributed by atoms with Crippen molar-refractivity contribution in [3.63, 3.8) is 0 Å². The molecule has 2 heterocycles. The summed E-state index contributed by atoms with van der Waals surface area (Å²) in [6, 6.07) is 1.58. The van der Waals surface area contributed by atoms with Crippen LogP contribution in [0.25, 0.3) is 0 Å². The molecule has 0 aromatic carbocycles. The Morgan fingerprint density at radius 3 is 2.68 bits per heavy atom. The molecular weight excluding hydrogens is 264 g/mol. The molecule has 1 aromatic rings. The van der Waals surface area contributed by atoms with E-state index in [1.165, 1.54) is 0 Å². The molecule has 0 amide bonds. The van der Waals surface area contributed by atoms with Gasteiger partial charge in [-0.3, -0.25) is 0 Å². The highest BCUT2D eigenvalue weighted by atomic mass is 32.2. The summed E-state index contributed by atoms with van der Waals surface area (Å²) in [5.41, 5.74) is 0.608. The second kappa shape index (κ2) is 5.26. The van der Waals surface area contributed by atoms with Crippen LogP contribution in [0.15, 0.2) is 17.2 Å². The standard InChI is InChI=1S/C13H22N2O3S/c1-10-5-4-6-15(11(10)2)19(17,18)13-7-12(9-16)14(3)8-13/h7-8,10-11,16H,4-6,9H2,1-3H3. The topological polar surface area (TPSA) is 62.5 Å². The van der Waals surface area contributed by atoms with Crippen molar-refractivity contribution in [1.82, 2.24) is 8.87 Å². The number of aromatic nitrogens is 1. The summed E-state index contributed by atoms with van der Waals surface area (Å²) in [5.74, 6) is 0.379. The molecule has 6 heteroatoms. The van der Waals surface area contributed by atoms with Crippen LogP contribution in [0.4, 0.5) is 0 Å². The fraction of sp³-hybridized carbons (Fsp3) is 0.692. The Morgan fingerprint density at radius 1 is 1.42 bits per heavy atom. The van der Waals surface area contributed by atoms with Crippen molar-refractivity contribution in [1.29, 1.82) is 0 Å². The van der Waals surface area contributed by atoms with Crippen LogP contribution in [0, 0.1) is 5.92 Å². The summed E-state index contributed by atoms with van der Waals surface area (Å²) >= 11 is 0. The maximum atomic E-state index is 12.7. The van der Waals surface area contributed by atoms with E-state index in [4.69, 9.17) is 0 Å². The van der Waals surface area contributed by atoms with Gasteiger partial charge in [0.1, 0.15) is 4.90 Å². The Balaban J connectivity index is 2.35. The molecule has 2 atom stereocenters. The maximum absolute atomic E-state index is 12.7. The molecule has 1 N–H and O–H groups in total. The fourth-order valence-corrected chi connectivity index (χ4v) is 4.51. The molecule has 2 unspecified atom stereocenters. The summed E-state index contributed by atoms with van der Waals surface area (Å²) < 4.78 is 28.6. The first-order valence-electron chi connectivity index (χ1n) is 6.66. The zero-order chi connectivity index (χ0) is 14.2. The first-order valence-corrected chi connectivity index (χ1v) is 8.10. The van der Waals surface area contributed by atoms with Gasteiger partial charge in [0.2, 0.25) is 10.0 Å². The molecule has 1 aromatic heterocycles. The molecule has 0 bridgehead atoms. The van der Waals surface area contributed by atoms with Crippen LogP contribution in [0.2, 0.25) is 0 Å². The predicted molar refractivity (Wildman–Crippen MR) is 73.1 cm³/mol. The monoisotopic (exact) mass is 286 g/mol. The third kappa shape index (κ3) is 2.57. The lowest BCUT2D eigenvalue weighted by Crippen LogP contribution is -2.45. The lowest BCUT2D eigenvalue weighted by molar-refractivity contribution is 0.202. The van der Waals surface area contributed by atoms with Gasteiger partial charge in [0, 0.05) is 31.5 Å². The van der Waals surface area contributed by atoms with Gasteiger partial charge in [-0.15, -0.1) is 0 Å². The summed E-state index contributed by atoms with van der Waals surface area (Å²) in [6.45, 7) is 4.49. The zero-order valence-corrected chi connectivity index (χ0v) is 12.5. The number of rotatable bonds is 3. The summed E-state index contributed by atoms with van der Waals surface area (Å²) in [7, 11) is -1.71. The van der Waals surface area contributed by atoms with Crippen molar-refractivity contribution in [3.05, 3.63) is 18.0 Å². The van der Waals surface area contributed by atoms with Crippen LogP contribution in [-0.4, -0.2) is 35.0 Å². The number of hydrogen-bond acceptors (Lipinski definition) is 3. The Labute approximate surface area is 114 Å². The van der Waals surface area contributed by atoms with Gasteiger partial charge in [-0.1, -0.05) is 6.92 Å². The third-order valence-corrected chi connectivity index (χ3v) is 6.12. The molecule has 0 saturated carbocycles. The lowest BCUT2D eigenvalue weighted by Gasteiger charge is -2.36. The van der Waals surface area contributed by atoms with Gasteiger partial charge in [-0.25, -0.2) is 8.42 Å². The van der Waals surface area contributed by atoms with Crippen molar-refractivity contribution in [3.8, 4) is 0 Å². The molecule has 0 spiro atoms. The Hall–Kier alpha value is -0.850. The minimum atomic E-state index is -3.45. The van der Waals surface area contributed by atoms with Crippen molar-refractivity contribution in [2.45, 2.75) is 44.2 Å². The van der Waals surface area contributed by atoms with Crippen molar-refractivity contribution >= 4 is 10.0 Å². The quantitative estimate of drug-likeness (QED) is 0.911. The Kier molecular flexibility index (Phi) is 4.03. The number of nitrogens with zero attached hydrogens (tertiary/aromatic N) is 2. The van der Waals surface area contributed by atoms with Gasteiger partial charge in [0.15, 0.2) is 0 Å². The predicted octanol–water partition coefficient (Wildman–Crippen LogP) is 1.33. The van der Waals surface area contributed by atoms with Crippen LogP contribution < -0.4 is 0 Å². The second-order valence-corrected chi connectivity index (χ2v) is 7.30. The van der Waals surface area contributed by atoms with Gasteiger partial charge >= 0.3 is 0 Å². The number of aliphatic hydroxyl groups excluding tert-OH is 1. The normalized spacial score (nSPS) is 25.7. The fourth-order valence-electron chi connectivity index (χ4n) is 2.65. The van der Waals surface area contributed by atoms with Crippen molar-refractivity contribution in [2.75, 3.05) is 6.54 Å². The molecule has 1 aliphatic heterocycles. The molecule has 19 heavy (non-hydrogen) atoms. The van der Waals surface area contributed by atoms with Gasteiger partial charge in [-0.2, -0.15) is 4.31 Å². The highest BCUT2D eigenvalue weighted by Gasteiger charge is 2.35. The lowest BCUT2D eigenvalue weighted by atomic mass is 9.94. The number of piperidine rings is 1.